The van der Waals surface area contributed by atoms with Crippen LogP contribution in [0.15, 0.2) is 61.1 Å². The van der Waals surface area contributed by atoms with E-state index in [9.17, 15) is 9.90 Å². The van der Waals surface area contributed by atoms with Gasteiger partial charge in [0.2, 0.25) is 0 Å². The van der Waals surface area contributed by atoms with Crippen molar-refractivity contribution in [3.63, 3.8) is 0 Å². The van der Waals surface area contributed by atoms with Crippen LogP contribution >= 0.6 is 0 Å². The summed E-state index contributed by atoms with van der Waals surface area (Å²) in [5.41, 5.74) is 2.49. The van der Waals surface area contributed by atoms with Gasteiger partial charge in [0, 0.05) is 37.2 Å². The first-order chi connectivity index (χ1) is 13.5. The van der Waals surface area contributed by atoms with E-state index in [2.05, 4.69) is 10.1 Å². The molecule has 6 nitrogen and oxygen atoms in total. The number of amides is 1. The summed E-state index contributed by atoms with van der Waals surface area (Å²) in [4.78, 5) is 19.2. The van der Waals surface area contributed by atoms with Crippen LogP contribution < -0.4 is 0 Å². The Hall–Kier alpha value is -2.99. The van der Waals surface area contributed by atoms with Crippen molar-refractivity contribution in [2.45, 2.75) is 31.9 Å². The highest BCUT2D eigenvalue weighted by Crippen LogP contribution is 2.32. The van der Waals surface area contributed by atoms with Crippen molar-refractivity contribution >= 4 is 5.91 Å². The Kier molecular flexibility index (Phi) is 4.96. The van der Waals surface area contributed by atoms with Crippen LogP contribution in [0.2, 0.25) is 0 Å². The first kappa shape index (κ1) is 18.4. The third-order valence-corrected chi connectivity index (χ3v) is 5.34. The Labute approximate surface area is 164 Å². The monoisotopic (exact) mass is 376 g/mol. The number of likely N-dealkylation sites (tertiary alicyclic amines) is 1. The lowest BCUT2D eigenvalue weighted by molar-refractivity contribution is -0.0244. The van der Waals surface area contributed by atoms with Crippen LogP contribution in [-0.4, -0.2) is 43.8 Å². The molecule has 0 bridgehead atoms. The van der Waals surface area contributed by atoms with Crippen LogP contribution in [0, 0.1) is 6.92 Å². The van der Waals surface area contributed by atoms with E-state index in [1.165, 1.54) is 0 Å². The molecule has 0 aliphatic carbocycles. The minimum Gasteiger partial charge on any atom is -0.383 e. The minimum atomic E-state index is -0.966. The van der Waals surface area contributed by atoms with Crippen molar-refractivity contribution in [2.75, 3.05) is 13.1 Å². The van der Waals surface area contributed by atoms with Crippen LogP contribution in [0.3, 0.4) is 0 Å². The van der Waals surface area contributed by atoms with Gasteiger partial charge >= 0.3 is 0 Å². The lowest BCUT2D eigenvalue weighted by Crippen LogP contribution is -2.45. The molecule has 28 heavy (non-hydrogen) atoms. The van der Waals surface area contributed by atoms with E-state index in [1.807, 2.05) is 65.2 Å². The first-order valence-corrected chi connectivity index (χ1v) is 9.55. The molecule has 1 aromatic carbocycles. The normalized spacial score (nSPS) is 16.1. The second-order valence-corrected chi connectivity index (χ2v) is 7.45. The fraction of sp³-hybridized carbons (Fsp3) is 0.318. The number of carbonyl (C=O) groups excluding carboxylic acids is 1. The average Bonchev–Trinajstić information content (AvgIpc) is 3.22. The van der Waals surface area contributed by atoms with Gasteiger partial charge in [-0.2, -0.15) is 5.10 Å². The fourth-order valence-corrected chi connectivity index (χ4v) is 3.65. The second kappa shape index (κ2) is 7.56. The van der Waals surface area contributed by atoms with E-state index in [-0.39, 0.29) is 5.91 Å². The van der Waals surface area contributed by atoms with Gasteiger partial charge < -0.3 is 10.0 Å². The van der Waals surface area contributed by atoms with Crippen LogP contribution in [0.4, 0.5) is 0 Å². The summed E-state index contributed by atoms with van der Waals surface area (Å²) in [6.07, 6.45) is 6.39. The molecule has 0 atom stereocenters. The van der Waals surface area contributed by atoms with E-state index >= 15 is 0 Å². The highest BCUT2D eigenvalue weighted by molar-refractivity contribution is 5.94. The largest absolute Gasteiger partial charge is 0.383 e. The summed E-state index contributed by atoms with van der Waals surface area (Å²) in [6, 6.07) is 13.4. The second-order valence-electron chi connectivity index (χ2n) is 7.45. The molecular weight excluding hydrogens is 352 g/mol. The molecule has 1 aliphatic rings. The van der Waals surface area contributed by atoms with Gasteiger partial charge in [-0.05, 0) is 55.2 Å². The molecule has 6 heteroatoms. The number of hydrogen-bond acceptors (Lipinski definition) is 4. The molecule has 0 unspecified atom stereocenters. The molecule has 1 aliphatic heterocycles. The van der Waals surface area contributed by atoms with Gasteiger partial charge in [-0.3, -0.25) is 14.5 Å². The smallest absolute Gasteiger partial charge is 0.253 e. The van der Waals surface area contributed by atoms with E-state index in [0.717, 1.165) is 11.1 Å². The molecule has 0 saturated carbocycles. The summed E-state index contributed by atoms with van der Waals surface area (Å²) >= 11 is 0. The maximum Gasteiger partial charge on any atom is 0.253 e. The summed E-state index contributed by atoms with van der Waals surface area (Å²) in [5, 5.41) is 15.2. The van der Waals surface area contributed by atoms with Crippen molar-refractivity contribution in [3.05, 3.63) is 83.4 Å². The summed E-state index contributed by atoms with van der Waals surface area (Å²) in [6.45, 7) is 3.62. The van der Waals surface area contributed by atoms with Gasteiger partial charge in [0.05, 0.1) is 12.2 Å². The molecule has 1 amide bonds. The molecule has 2 aromatic heterocycles. The average molecular weight is 376 g/mol. The van der Waals surface area contributed by atoms with Crippen LogP contribution in [0.5, 0.6) is 0 Å². The molecule has 144 valence electrons. The summed E-state index contributed by atoms with van der Waals surface area (Å²) in [7, 11) is 0. The molecular formula is C22H24N4O2. The minimum absolute atomic E-state index is 0.00114. The molecule has 4 rings (SSSR count). The van der Waals surface area contributed by atoms with Gasteiger partial charge in [0.1, 0.15) is 5.60 Å². The van der Waals surface area contributed by atoms with Gasteiger partial charge in [0.25, 0.3) is 5.91 Å². The van der Waals surface area contributed by atoms with Gasteiger partial charge in [-0.15, -0.1) is 0 Å². The van der Waals surface area contributed by atoms with E-state index in [0.29, 0.717) is 43.7 Å². The number of pyridine rings is 1. The number of carbonyl (C=O) groups is 1. The Bertz CT molecular complexity index is 943. The highest BCUT2D eigenvalue weighted by Gasteiger charge is 2.36. The quantitative estimate of drug-likeness (QED) is 0.760. The third-order valence-electron chi connectivity index (χ3n) is 5.34. The van der Waals surface area contributed by atoms with Gasteiger partial charge in [-0.25, -0.2) is 0 Å². The molecule has 1 N–H and O–H groups in total. The van der Waals surface area contributed by atoms with Crippen molar-refractivity contribution in [2.24, 2.45) is 0 Å². The van der Waals surface area contributed by atoms with Gasteiger partial charge in [-0.1, -0.05) is 18.2 Å². The van der Waals surface area contributed by atoms with Crippen molar-refractivity contribution in [1.82, 2.24) is 19.7 Å². The number of piperidine rings is 1. The third kappa shape index (κ3) is 3.82. The molecule has 0 spiro atoms. The number of benzene rings is 1. The number of rotatable bonds is 4. The molecule has 0 radical (unpaired) electrons. The van der Waals surface area contributed by atoms with Gasteiger partial charge in [0.15, 0.2) is 0 Å². The molecule has 3 heterocycles. The molecule has 1 fully saturated rings. The Balaban J connectivity index is 1.43. The van der Waals surface area contributed by atoms with Crippen LogP contribution in [-0.2, 0) is 12.1 Å². The standard InChI is InChI=1S/C22H24N4O2/c1-17-6-7-20(23-15-17)22(28)8-12-25(13-9-22)21(27)19-5-2-4-18(14-19)16-26-11-3-10-24-26/h2-7,10-11,14-15,28H,8-9,12-13,16H2,1H3. The molecule has 3 aromatic rings. The number of hydrogen-bond donors (Lipinski definition) is 1. The Morgan fingerprint density at radius 3 is 2.68 bits per heavy atom. The maximum absolute atomic E-state index is 13.0. The van der Waals surface area contributed by atoms with Crippen LogP contribution in [0.25, 0.3) is 0 Å². The zero-order valence-electron chi connectivity index (χ0n) is 16.0. The number of nitrogens with zero attached hydrogens (tertiary/aromatic N) is 4. The van der Waals surface area contributed by atoms with Crippen LogP contribution in [0.1, 0.15) is 40.0 Å². The number of aromatic nitrogens is 3. The number of aliphatic hydroxyl groups is 1. The van der Waals surface area contributed by atoms with Crippen molar-refractivity contribution in [1.29, 1.82) is 0 Å². The number of aryl methyl sites for hydroxylation is 1. The van der Waals surface area contributed by atoms with E-state index in [4.69, 9.17) is 0 Å². The summed E-state index contributed by atoms with van der Waals surface area (Å²) < 4.78 is 1.83. The fourth-order valence-electron chi connectivity index (χ4n) is 3.65. The maximum atomic E-state index is 13.0. The SMILES string of the molecule is Cc1ccc(C2(O)CCN(C(=O)c3cccc(Cn4cccn4)c3)CC2)nc1. The lowest BCUT2D eigenvalue weighted by atomic mass is 9.87. The Morgan fingerprint density at radius 1 is 1.18 bits per heavy atom. The van der Waals surface area contributed by atoms with E-state index < -0.39 is 5.60 Å². The first-order valence-electron chi connectivity index (χ1n) is 9.55. The predicted octanol–water partition coefficient (Wildman–Crippen LogP) is 2.76. The van der Waals surface area contributed by atoms with Crippen molar-refractivity contribution in [3.8, 4) is 0 Å². The molecule has 1 saturated heterocycles. The Morgan fingerprint density at radius 2 is 2.00 bits per heavy atom. The van der Waals surface area contributed by atoms with Crippen molar-refractivity contribution < 1.29 is 9.90 Å². The summed E-state index contributed by atoms with van der Waals surface area (Å²) in [5.74, 6) is 0.00114. The van der Waals surface area contributed by atoms with E-state index in [1.54, 1.807) is 12.4 Å². The lowest BCUT2D eigenvalue weighted by Gasteiger charge is -2.38. The topological polar surface area (TPSA) is 71.2 Å². The zero-order chi connectivity index (χ0) is 19.6. The zero-order valence-corrected chi connectivity index (χ0v) is 16.0. The predicted molar refractivity (Wildman–Crippen MR) is 106 cm³/mol. The highest BCUT2D eigenvalue weighted by atomic mass is 16.3.